The van der Waals surface area contributed by atoms with Crippen LogP contribution < -0.4 is 5.32 Å². The first kappa shape index (κ1) is 20.7. The van der Waals surface area contributed by atoms with Crippen LogP contribution in [0.1, 0.15) is 9.67 Å². The predicted molar refractivity (Wildman–Crippen MR) is 94.0 cm³/mol. The molecule has 0 spiro atoms. The number of thiophene rings is 1. The summed E-state index contributed by atoms with van der Waals surface area (Å²) in [5.74, 6) is -3.05. The number of likely N-dealkylation sites (N-methyl/N-ethyl adjacent to an activating group) is 1. The van der Waals surface area contributed by atoms with Crippen LogP contribution in [0.25, 0.3) is 0 Å². The number of imide groups is 1. The molecule has 1 heterocycles. The Balaban J connectivity index is 1.84. The van der Waals surface area contributed by atoms with Crippen LogP contribution >= 0.6 is 11.3 Å². The van der Waals surface area contributed by atoms with E-state index in [0.29, 0.717) is 9.18 Å². The second kappa shape index (κ2) is 8.84. The number of nitrogens with one attached hydrogen (secondary N) is 1. The third kappa shape index (κ3) is 5.67. The van der Waals surface area contributed by atoms with Crippen LogP contribution in [-0.4, -0.2) is 50.7 Å². The molecule has 2 aromatic rings. The van der Waals surface area contributed by atoms with Crippen molar-refractivity contribution in [2.45, 2.75) is 4.90 Å². The molecule has 0 fully saturated rings. The van der Waals surface area contributed by atoms with Gasteiger partial charge in [0.25, 0.3) is 11.8 Å². The lowest BCUT2D eigenvalue weighted by Gasteiger charge is -2.16. The standard InChI is InChI=1S/C16H15FN2O6S2/c1-19(27(23,24)12-6-4-11(17)5-7-12)9-15(21)25-10-14(20)18-16(22)13-3-2-8-26-13/h2-8H,9-10H2,1H3,(H,18,20,22). The molecule has 144 valence electrons. The highest BCUT2D eigenvalue weighted by molar-refractivity contribution is 7.89. The first-order valence-corrected chi connectivity index (χ1v) is 9.77. The number of esters is 1. The maximum absolute atomic E-state index is 12.9. The van der Waals surface area contributed by atoms with Crippen molar-refractivity contribution in [1.29, 1.82) is 0 Å². The second-order valence-electron chi connectivity index (χ2n) is 5.23. The summed E-state index contributed by atoms with van der Waals surface area (Å²) in [6, 6.07) is 7.25. The molecular formula is C16H15FN2O6S2. The van der Waals surface area contributed by atoms with E-state index in [9.17, 15) is 27.2 Å². The molecule has 0 saturated heterocycles. The van der Waals surface area contributed by atoms with Gasteiger partial charge in [0.1, 0.15) is 12.4 Å². The third-order valence-electron chi connectivity index (χ3n) is 3.24. The summed E-state index contributed by atoms with van der Waals surface area (Å²) < 4.78 is 42.8. The molecule has 1 aromatic carbocycles. The number of nitrogens with zero attached hydrogens (tertiary/aromatic N) is 1. The van der Waals surface area contributed by atoms with Gasteiger partial charge in [-0.1, -0.05) is 6.07 Å². The molecule has 2 rings (SSSR count). The zero-order chi connectivity index (χ0) is 20.0. The Bertz CT molecular complexity index is 926. The summed E-state index contributed by atoms with van der Waals surface area (Å²) in [5.41, 5.74) is 0. The average Bonchev–Trinajstić information content (AvgIpc) is 3.15. The fourth-order valence-electron chi connectivity index (χ4n) is 1.88. The van der Waals surface area contributed by atoms with Crippen LogP contribution in [0.4, 0.5) is 4.39 Å². The highest BCUT2D eigenvalue weighted by Gasteiger charge is 2.24. The Morgan fingerprint density at radius 2 is 1.85 bits per heavy atom. The molecular weight excluding hydrogens is 399 g/mol. The first-order chi connectivity index (χ1) is 12.7. The molecule has 0 aliphatic heterocycles. The van der Waals surface area contributed by atoms with Gasteiger partial charge in [0, 0.05) is 7.05 Å². The molecule has 0 saturated carbocycles. The van der Waals surface area contributed by atoms with Gasteiger partial charge in [-0.25, -0.2) is 12.8 Å². The Hall–Kier alpha value is -2.63. The van der Waals surface area contributed by atoms with Crippen molar-refractivity contribution < 1.29 is 31.9 Å². The molecule has 8 nitrogen and oxygen atoms in total. The predicted octanol–water partition coefficient (Wildman–Crippen LogP) is 1.01. The molecule has 0 atom stereocenters. The molecule has 2 amide bonds. The van der Waals surface area contributed by atoms with Crippen molar-refractivity contribution in [3.8, 4) is 0 Å². The highest BCUT2D eigenvalue weighted by atomic mass is 32.2. The van der Waals surface area contributed by atoms with Gasteiger partial charge in [-0.2, -0.15) is 4.31 Å². The number of carbonyl (C=O) groups is 3. The lowest BCUT2D eigenvalue weighted by Crippen LogP contribution is -2.37. The van der Waals surface area contributed by atoms with Crippen molar-refractivity contribution >= 4 is 39.1 Å². The smallest absolute Gasteiger partial charge is 0.321 e. The Kier molecular flexibility index (Phi) is 6.77. The van der Waals surface area contributed by atoms with E-state index < -0.39 is 46.8 Å². The molecule has 0 bridgehead atoms. The van der Waals surface area contributed by atoms with Gasteiger partial charge in [0.05, 0.1) is 9.77 Å². The molecule has 0 aliphatic rings. The van der Waals surface area contributed by atoms with Crippen LogP contribution in [-0.2, 0) is 24.3 Å². The summed E-state index contributed by atoms with van der Waals surface area (Å²) in [6.07, 6.45) is 0. The maximum Gasteiger partial charge on any atom is 0.321 e. The van der Waals surface area contributed by atoms with E-state index >= 15 is 0 Å². The number of benzene rings is 1. The van der Waals surface area contributed by atoms with Crippen LogP contribution in [0, 0.1) is 5.82 Å². The van der Waals surface area contributed by atoms with Gasteiger partial charge >= 0.3 is 5.97 Å². The Morgan fingerprint density at radius 1 is 1.19 bits per heavy atom. The first-order valence-electron chi connectivity index (χ1n) is 7.45. The topological polar surface area (TPSA) is 110 Å². The minimum Gasteiger partial charge on any atom is -0.455 e. The van der Waals surface area contributed by atoms with Gasteiger partial charge in [-0.15, -0.1) is 11.3 Å². The van der Waals surface area contributed by atoms with Crippen LogP contribution in [0.5, 0.6) is 0 Å². The van der Waals surface area contributed by atoms with E-state index in [-0.39, 0.29) is 4.90 Å². The Morgan fingerprint density at radius 3 is 2.44 bits per heavy atom. The van der Waals surface area contributed by atoms with Gasteiger partial charge in [-0.05, 0) is 35.7 Å². The number of sulfonamides is 1. The molecule has 0 radical (unpaired) electrons. The van der Waals surface area contributed by atoms with E-state index in [1.165, 1.54) is 6.07 Å². The lowest BCUT2D eigenvalue weighted by atomic mass is 10.4. The SMILES string of the molecule is CN(CC(=O)OCC(=O)NC(=O)c1cccs1)S(=O)(=O)c1ccc(F)cc1. The average molecular weight is 414 g/mol. The monoisotopic (exact) mass is 414 g/mol. The minimum absolute atomic E-state index is 0.196. The quantitative estimate of drug-likeness (QED) is 0.677. The summed E-state index contributed by atoms with van der Waals surface area (Å²) in [5, 5.41) is 3.70. The summed E-state index contributed by atoms with van der Waals surface area (Å²) in [6.45, 7) is -1.40. The van der Waals surface area contributed by atoms with E-state index in [4.69, 9.17) is 0 Å². The number of amides is 2. The number of carbonyl (C=O) groups excluding carboxylic acids is 3. The molecule has 1 N–H and O–H groups in total. The summed E-state index contributed by atoms with van der Waals surface area (Å²) in [4.78, 5) is 35.2. The lowest BCUT2D eigenvalue weighted by molar-refractivity contribution is -0.148. The van der Waals surface area contributed by atoms with E-state index in [0.717, 1.165) is 42.6 Å². The van der Waals surface area contributed by atoms with Crippen molar-refractivity contribution in [2.75, 3.05) is 20.2 Å². The van der Waals surface area contributed by atoms with E-state index in [1.54, 1.807) is 11.4 Å². The number of hydrogen-bond donors (Lipinski definition) is 1. The molecule has 1 aromatic heterocycles. The number of halogens is 1. The maximum atomic E-state index is 12.9. The number of ether oxygens (including phenoxy) is 1. The van der Waals surface area contributed by atoms with Crippen molar-refractivity contribution in [1.82, 2.24) is 9.62 Å². The van der Waals surface area contributed by atoms with Crippen molar-refractivity contribution in [3.63, 3.8) is 0 Å². The second-order valence-corrected chi connectivity index (χ2v) is 8.22. The fourth-order valence-corrected chi connectivity index (χ4v) is 3.61. The van der Waals surface area contributed by atoms with Crippen molar-refractivity contribution in [3.05, 3.63) is 52.5 Å². The molecule has 0 unspecified atom stereocenters. The van der Waals surface area contributed by atoms with Gasteiger partial charge in [0.15, 0.2) is 6.61 Å². The summed E-state index contributed by atoms with van der Waals surface area (Å²) in [7, 11) is -2.89. The normalized spacial score (nSPS) is 11.2. The number of hydrogen-bond acceptors (Lipinski definition) is 7. The minimum atomic E-state index is -4.03. The van der Waals surface area contributed by atoms with Gasteiger partial charge in [0.2, 0.25) is 10.0 Å². The van der Waals surface area contributed by atoms with Crippen LogP contribution in [0.2, 0.25) is 0 Å². The molecule has 0 aliphatic carbocycles. The van der Waals surface area contributed by atoms with Crippen LogP contribution in [0.15, 0.2) is 46.7 Å². The van der Waals surface area contributed by atoms with Gasteiger partial charge in [-0.3, -0.25) is 19.7 Å². The third-order valence-corrected chi connectivity index (χ3v) is 5.92. The number of rotatable bonds is 7. The zero-order valence-electron chi connectivity index (χ0n) is 14.0. The molecule has 11 heteroatoms. The largest absolute Gasteiger partial charge is 0.455 e. The highest BCUT2D eigenvalue weighted by Crippen LogP contribution is 2.14. The van der Waals surface area contributed by atoms with E-state index in [1.807, 2.05) is 5.32 Å². The summed E-state index contributed by atoms with van der Waals surface area (Å²) >= 11 is 1.14. The van der Waals surface area contributed by atoms with Crippen molar-refractivity contribution in [2.24, 2.45) is 0 Å². The zero-order valence-corrected chi connectivity index (χ0v) is 15.7. The molecule has 27 heavy (non-hydrogen) atoms. The Labute approximate surface area is 158 Å². The van der Waals surface area contributed by atoms with Crippen LogP contribution in [0.3, 0.4) is 0 Å². The fraction of sp³-hybridized carbons (Fsp3) is 0.188. The van der Waals surface area contributed by atoms with Gasteiger partial charge < -0.3 is 4.74 Å². The van der Waals surface area contributed by atoms with E-state index in [2.05, 4.69) is 4.74 Å².